The standard InChI is InChI=1S/C34H40N8O3.2ClH/c1-5-7-32(43)36-24-9-6-8-22(16-24)33-38-29-19-30(44-4)31(45-15-14-42-13-12-26(21-42)41(2)3)18-27(29)34(39-33)37-25-10-11-28-23(17-25)20-35-40-28;;/h6,8-11,16-20,26H,5,7,12-15,21H2,1-4H3,(H,35,40)(H,36,43)(H,37,38,39);2*1H/t26-;;/m0../s1. The molecule has 1 aliphatic heterocycles. The zero-order valence-corrected chi connectivity index (χ0v) is 28.7. The molecule has 0 radical (unpaired) electrons. The smallest absolute Gasteiger partial charge is 0.224 e. The number of aromatic amines is 1. The molecule has 3 heterocycles. The van der Waals surface area contributed by atoms with Crippen molar-refractivity contribution in [3.63, 3.8) is 0 Å². The van der Waals surface area contributed by atoms with Gasteiger partial charge in [0.05, 0.1) is 24.3 Å². The molecule has 1 atom stereocenters. The summed E-state index contributed by atoms with van der Waals surface area (Å²) < 4.78 is 12.1. The molecule has 2 aromatic heterocycles. The normalized spacial score (nSPS) is 14.5. The predicted molar refractivity (Wildman–Crippen MR) is 193 cm³/mol. The first-order valence-corrected chi connectivity index (χ1v) is 15.4. The van der Waals surface area contributed by atoms with Gasteiger partial charge >= 0.3 is 0 Å². The third-order valence-electron chi connectivity index (χ3n) is 8.21. The van der Waals surface area contributed by atoms with Crippen LogP contribution in [-0.2, 0) is 4.79 Å². The number of hydrogen-bond acceptors (Lipinski definition) is 9. The number of ether oxygens (including phenoxy) is 2. The Hall–Kier alpha value is -4.16. The molecule has 13 heteroatoms. The maximum absolute atomic E-state index is 12.3. The van der Waals surface area contributed by atoms with E-state index in [1.54, 1.807) is 13.3 Å². The molecule has 3 aromatic carbocycles. The molecule has 0 saturated carbocycles. The fraction of sp³-hybridized carbons (Fsp3) is 0.353. The van der Waals surface area contributed by atoms with E-state index in [2.05, 4.69) is 44.7 Å². The molecule has 1 aliphatic rings. The van der Waals surface area contributed by atoms with Gasteiger partial charge in [-0.15, -0.1) is 24.8 Å². The third kappa shape index (κ3) is 8.41. The molecule has 250 valence electrons. The van der Waals surface area contributed by atoms with Crippen molar-refractivity contribution in [1.82, 2.24) is 30.0 Å². The van der Waals surface area contributed by atoms with Gasteiger partial charge < -0.3 is 25.0 Å². The van der Waals surface area contributed by atoms with Crippen molar-refractivity contribution in [2.45, 2.75) is 32.2 Å². The number of nitrogens with one attached hydrogen (secondary N) is 3. The van der Waals surface area contributed by atoms with E-state index in [0.717, 1.165) is 53.6 Å². The summed E-state index contributed by atoms with van der Waals surface area (Å²) in [4.78, 5) is 26.9. The van der Waals surface area contributed by atoms with Crippen molar-refractivity contribution in [2.24, 2.45) is 0 Å². The number of carbonyl (C=O) groups excluding carboxylic acids is 1. The number of anilines is 3. The fourth-order valence-electron chi connectivity index (χ4n) is 5.70. The van der Waals surface area contributed by atoms with E-state index in [1.807, 2.05) is 61.5 Å². The largest absolute Gasteiger partial charge is 0.493 e. The van der Waals surface area contributed by atoms with Gasteiger partial charge in [0.2, 0.25) is 5.91 Å². The van der Waals surface area contributed by atoms with Gasteiger partial charge in [-0.05, 0) is 69.9 Å². The number of amides is 1. The van der Waals surface area contributed by atoms with Crippen LogP contribution in [0.3, 0.4) is 0 Å². The highest BCUT2D eigenvalue weighted by atomic mass is 35.5. The lowest BCUT2D eigenvalue weighted by Crippen LogP contribution is -2.33. The van der Waals surface area contributed by atoms with Crippen molar-refractivity contribution in [2.75, 3.05) is 58.1 Å². The summed E-state index contributed by atoms with van der Waals surface area (Å²) in [7, 11) is 5.91. The zero-order chi connectivity index (χ0) is 31.3. The lowest BCUT2D eigenvalue weighted by Gasteiger charge is -2.21. The summed E-state index contributed by atoms with van der Waals surface area (Å²) in [5.41, 5.74) is 3.99. The molecule has 0 spiro atoms. The number of hydrogen-bond donors (Lipinski definition) is 3. The van der Waals surface area contributed by atoms with Gasteiger partial charge in [-0.1, -0.05) is 19.1 Å². The van der Waals surface area contributed by atoms with Gasteiger partial charge in [0.25, 0.3) is 0 Å². The molecule has 1 amide bonds. The van der Waals surface area contributed by atoms with Gasteiger partial charge in [-0.25, -0.2) is 9.97 Å². The second-order valence-electron chi connectivity index (χ2n) is 11.6. The number of methoxy groups -OCH3 is 1. The molecule has 1 saturated heterocycles. The molecular weight excluding hydrogens is 639 g/mol. The van der Waals surface area contributed by atoms with Crippen LogP contribution in [0.5, 0.6) is 11.5 Å². The number of nitrogens with zero attached hydrogens (tertiary/aromatic N) is 5. The van der Waals surface area contributed by atoms with E-state index >= 15 is 0 Å². The molecule has 1 fully saturated rings. The van der Waals surface area contributed by atoms with Gasteiger partial charge in [0, 0.05) is 59.3 Å². The summed E-state index contributed by atoms with van der Waals surface area (Å²) >= 11 is 0. The Kier molecular flexibility index (Phi) is 12.2. The number of halogens is 2. The number of rotatable bonds is 12. The molecule has 11 nitrogen and oxygen atoms in total. The van der Waals surface area contributed by atoms with E-state index in [0.29, 0.717) is 53.4 Å². The first-order valence-electron chi connectivity index (χ1n) is 15.4. The van der Waals surface area contributed by atoms with Gasteiger partial charge in [-0.3, -0.25) is 14.8 Å². The average Bonchev–Trinajstić information content (AvgIpc) is 3.71. The Balaban J connectivity index is 0.00000250. The van der Waals surface area contributed by atoms with Crippen LogP contribution in [-0.4, -0.2) is 89.4 Å². The van der Waals surface area contributed by atoms with E-state index in [-0.39, 0.29) is 30.7 Å². The number of likely N-dealkylation sites (N-methyl/N-ethyl adjacent to an activating group) is 1. The molecular formula is C34H42Cl2N8O3. The predicted octanol–water partition coefficient (Wildman–Crippen LogP) is 6.52. The van der Waals surface area contributed by atoms with Crippen LogP contribution >= 0.6 is 24.8 Å². The van der Waals surface area contributed by atoms with Crippen LogP contribution in [0.25, 0.3) is 33.2 Å². The first kappa shape index (κ1) is 35.7. The molecule has 3 N–H and O–H groups in total. The fourth-order valence-corrected chi connectivity index (χ4v) is 5.70. The number of benzene rings is 3. The van der Waals surface area contributed by atoms with E-state index < -0.39 is 0 Å². The second-order valence-corrected chi connectivity index (χ2v) is 11.6. The lowest BCUT2D eigenvalue weighted by atomic mass is 10.1. The van der Waals surface area contributed by atoms with E-state index in [9.17, 15) is 4.79 Å². The summed E-state index contributed by atoms with van der Waals surface area (Å²) in [6.07, 6.45) is 4.20. The van der Waals surface area contributed by atoms with Crippen LogP contribution in [0.4, 0.5) is 17.2 Å². The van der Waals surface area contributed by atoms with Crippen molar-refractivity contribution in [3.8, 4) is 22.9 Å². The Morgan fingerprint density at radius 3 is 2.68 bits per heavy atom. The van der Waals surface area contributed by atoms with Crippen molar-refractivity contribution >= 4 is 69.7 Å². The minimum atomic E-state index is -0.0226. The maximum atomic E-state index is 12.3. The summed E-state index contributed by atoms with van der Waals surface area (Å²) in [5, 5.41) is 15.4. The maximum Gasteiger partial charge on any atom is 0.224 e. The molecule has 0 unspecified atom stereocenters. The highest BCUT2D eigenvalue weighted by Gasteiger charge is 2.24. The number of likely N-dealkylation sites (tertiary alicyclic amines) is 1. The number of H-pyrrole nitrogens is 1. The summed E-state index contributed by atoms with van der Waals surface area (Å²) in [6.45, 7) is 5.46. The number of aromatic nitrogens is 4. The molecule has 5 aromatic rings. The van der Waals surface area contributed by atoms with Crippen LogP contribution in [0, 0.1) is 0 Å². The third-order valence-corrected chi connectivity index (χ3v) is 8.21. The summed E-state index contributed by atoms with van der Waals surface area (Å²) in [6, 6.07) is 18.0. The van der Waals surface area contributed by atoms with Crippen LogP contribution in [0.15, 0.2) is 60.8 Å². The molecule has 6 rings (SSSR count). The van der Waals surface area contributed by atoms with Crippen LogP contribution < -0.4 is 20.1 Å². The minimum absolute atomic E-state index is 0. The molecule has 0 aliphatic carbocycles. The Bertz CT molecular complexity index is 1820. The Morgan fingerprint density at radius 1 is 1.06 bits per heavy atom. The SMILES string of the molecule is CCCC(=O)Nc1cccc(-c2nc(Nc3ccc4[nH]ncc4c3)c3cc(OCCN4CC[C@H](N(C)C)C4)c(OC)cc3n2)c1.Cl.Cl. The van der Waals surface area contributed by atoms with E-state index in [1.165, 1.54) is 6.42 Å². The van der Waals surface area contributed by atoms with Crippen molar-refractivity contribution < 1.29 is 14.3 Å². The van der Waals surface area contributed by atoms with E-state index in [4.69, 9.17) is 19.4 Å². The molecule has 0 bridgehead atoms. The van der Waals surface area contributed by atoms with Crippen LogP contribution in [0.1, 0.15) is 26.2 Å². The minimum Gasteiger partial charge on any atom is -0.493 e. The topological polar surface area (TPSA) is 121 Å². The van der Waals surface area contributed by atoms with Crippen molar-refractivity contribution in [1.29, 1.82) is 0 Å². The first-order chi connectivity index (χ1) is 21.9. The second kappa shape index (κ2) is 16.1. The number of carbonyl (C=O) groups is 1. The Morgan fingerprint density at radius 2 is 1.91 bits per heavy atom. The summed E-state index contributed by atoms with van der Waals surface area (Å²) in [5.74, 6) is 2.36. The highest BCUT2D eigenvalue weighted by Crippen LogP contribution is 2.37. The van der Waals surface area contributed by atoms with Gasteiger partial charge in [0.1, 0.15) is 12.4 Å². The number of fused-ring (bicyclic) bond motifs is 2. The molecule has 47 heavy (non-hydrogen) atoms. The van der Waals surface area contributed by atoms with Crippen LogP contribution in [0.2, 0.25) is 0 Å². The van der Waals surface area contributed by atoms with Crippen molar-refractivity contribution in [3.05, 3.63) is 60.8 Å². The quantitative estimate of drug-likeness (QED) is 0.135. The van der Waals surface area contributed by atoms with Gasteiger partial charge in [-0.2, -0.15) is 5.10 Å². The average molecular weight is 682 g/mol. The monoisotopic (exact) mass is 680 g/mol. The highest BCUT2D eigenvalue weighted by molar-refractivity contribution is 5.96. The van der Waals surface area contributed by atoms with Gasteiger partial charge in [0.15, 0.2) is 17.3 Å². The zero-order valence-electron chi connectivity index (χ0n) is 27.1. The Labute approximate surface area is 287 Å². The lowest BCUT2D eigenvalue weighted by molar-refractivity contribution is -0.116.